The van der Waals surface area contributed by atoms with Crippen molar-refractivity contribution in [3.8, 4) is 0 Å². The van der Waals surface area contributed by atoms with Crippen LogP contribution in [0.3, 0.4) is 0 Å². The fourth-order valence-corrected chi connectivity index (χ4v) is 2.53. The summed E-state index contributed by atoms with van der Waals surface area (Å²) in [6.45, 7) is 6.35. The molecule has 1 heterocycles. The first-order valence-corrected chi connectivity index (χ1v) is 8.50. The molecule has 26 heavy (non-hydrogen) atoms. The number of aromatic nitrogens is 1. The van der Waals surface area contributed by atoms with E-state index in [4.69, 9.17) is 4.74 Å². The molecule has 0 radical (unpaired) electrons. The average Bonchev–Trinajstić information content (AvgIpc) is 2.62. The van der Waals surface area contributed by atoms with E-state index in [0.717, 1.165) is 22.5 Å². The number of rotatable bonds is 7. The molecule has 0 aliphatic rings. The summed E-state index contributed by atoms with van der Waals surface area (Å²) >= 11 is 0. The van der Waals surface area contributed by atoms with Crippen LogP contribution in [0.5, 0.6) is 0 Å². The summed E-state index contributed by atoms with van der Waals surface area (Å²) in [4.78, 5) is 30.9. The first kappa shape index (κ1) is 19.6. The van der Waals surface area contributed by atoms with Crippen molar-refractivity contribution < 1.29 is 14.3 Å². The first-order chi connectivity index (χ1) is 12.4. The molecule has 2 rings (SSSR count). The van der Waals surface area contributed by atoms with Crippen molar-refractivity contribution in [2.45, 2.75) is 20.8 Å². The third kappa shape index (κ3) is 5.13. The number of carbonyl (C=O) groups is 2. The molecule has 0 bridgehead atoms. The van der Waals surface area contributed by atoms with Crippen LogP contribution in [-0.4, -0.2) is 48.5 Å². The minimum atomic E-state index is -0.290. The van der Waals surface area contributed by atoms with E-state index in [1.54, 1.807) is 19.2 Å². The van der Waals surface area contributed by atoms with Gasteiger partial charge in [0.25, 0.3) is 5.91 Å². The number of anilines is 1. The largest absolute Gasteiger partial charge is 0.383 e. The molecule has 1 aromatic heterocycles. The highest BCUT2D eigenvalue weighted by atomic mass is 16.5. The Morgan fingerprint density at radius 2 is 1.85 bits per heavy atom. The summed E-state index contributed by atoms with van der Waals surface area (Å²) in [6.07, 6.45) is 0. The number of hydrogen-bond donors (Lipinski definition) is 1. The second kappa shape index (κ2) is 9.10. The summed E-state index contributed by atoms with van der Waals surface area (Å²) < 4.78 is 5.07. The molecular weight excluding hydrogens is 330 g/mol. The quantitative estimate of drug-likeness (QED) is 0.829. The number of ether oxygens (including phenoxy) is 1. The lowest BCUT2D eigenvalue weighted by Crippen LogP contribution is -2.40. The predicted octanol–water partition coefficient (Wildman–Crippen LogP) is 2.73. The highest BCUT2D eigenvalue weighted by molar-refractivity contribution is 5.98. The Kier molecular flexibility index (Phi) is 6.86. The summed E-state index contributed by atoms with van der Waals surface area (Å²) in [5, 5.41) is 2.88. The molecule has 0 aliphatic carbocycles. The Labute approximate surface area is 154 Å². The van der Waals surface area contributed by atoms with Crippen molar-refractivity contribution in [3.05, 3.63) is 58.9 Å². The molecule has 0 fully saturated rings. The van der Waals surface area contributed by atoms with Gasteiger partial charge in [-0.15, -0.1) is 0 Å². The van der Waals surface area contributed by atoms with Gasteiger partial charge >= 0.3 is 0 Å². The number of hydrogen-bond acceptors (Lipinski definition) is 4. The van der Waals surface area contributed by atoms with Crippen LogP contribution in [0.25, 0.3) is 0 Å². The van der Waals surface area contributed by atoms with Crippen LogP contribution in [0.1, 0.15) is 27.3 Å². The molecule has 0 spiro atoms. The van der Waals surface area contributed by atoms with Crippen molar-refractivity contribution in [2.24, 2.45) is 0 Å². The highest BCUT2D eigenvalue weighted by Gasteiger charge is 2.20. The van der Waals surface area contributed by atoms with Crippen molar-refractivity contribution in [1.29, 1.82) is 0 Å². The van der Waals surface area contributed by atoms with Gasteiger partial charge in [0, 0.05) is 25.0 Å². The standard InChI is InChI=1S/C20H25N3O3/c1-14-7-5-9-17(16(14)3)22-19(24)13-23(11-12-26-4)20(25)18-10-6-8-15(2)21-18/h5-10H,11-13H2,1-4H3,(H,22,24). The van der Waals surface area contributed by atoms with Crippen LogP contribution in [0.15, 0.2) is 36.4 Å². The normalized spacial score (nSPS) is 10.5. The molecule has 6 nitrogen and oxygen atoms in total. The van der Waals surface area contributed by atoms with Crippen LogP contribution in [0.2, 0.25) is 0 Å². The van der Waals surface area contributed by atoms with Crippen LogP contribution in [0, 0.1) is 20.8 Å². The van der Waals surface area contributed by atoms with Gasteiger partial charge in [-0.05, 0) is 50.1 Å². The van der Waals surface area contributed by atoms with Crippen molar-refractivity contribution in [1.82, 2.24) is 9.88 Å². The zero-order valence-corrected chi connectivity index (χ0v) is 15.7. The van der Waals surface area contributed by atoms with Crippen LogP contribution < -0.4 is 5.32 Å². The van der Waals surface area contributed by atoms with Gasteiger partial charge in [-0.1, -0.05) is 18.2 Å². The summed E-state index contributed by atoms with van der Waals surface area (Å²) in [5.74, 6) is -0.544. The molecule has 138 valence electrons. The molecule has 2 aromatic rings. The average molecular weight is 355 g/mol. The van der Waals surface area contributed by atoms with Crippen molar-refractivity contribution in [2.75, 3.05) is 32.1 Å². The van der Waals surface area contributed by atoms with Crippen LogP contribution in [-0.2, 0) is 9.53 Å². The summed E-state index contributed by atoms with van der Waals surface area (Å²) in [7, 11) is 1.56. The van der Waals surface area contributed by atoms with E-state index < -0.39 is 0 Å². The Hall–Kier alpha value is -2.73. The van der Waals surface area contributed by atoms with E-state index in [1.165, 1.54) is 4.90 Å². The van der Waals surface area contributed by atoms with Gasteiger partial charge in [-0.2, -0.15) is 0 Å². The van der Waals surface area contributed by atoms with E-state index in [2.05, 4.69) is 10.3 Å². The minimum absolute atomic E-state index is 0.0643. The van der Waals surface area contributed by atoms with Gasteiger partial charge in [0.1, 0.15) is 12.2 Å². The van der Waals surface area contributed by atoms with Gasteiger partial charge < -0.3 is 15.0 Å². The van der Waals surface area contributed by atoms with E-state index in [-0.39, 0.29) is 18.4 Å². The SMILES string of the molecule is COCCN(CC(=O)Nc1cccc(C)c1C)C(=O)c1cccc(C)n1. The van der Waals surface area contributed by atoms with Crippen LogP contribution >= 0.6 is 0 Å². The predicted molar refractivity (Wildman–Crippen MR) is 101 cm³/mol. The number of benzene rings is 1. The maximum atomic E-state index is 12.7. The molecule has 1 N–H and O–H groups in total. The van der Waals surface area contributed by atoms with Crippen molar-refractivity contribution in [3.63, 3.8) is 0 Å². The lowest BCUT2D eigenvalue weighted by Gasteiger charge is -2.22. The highest BCUT2D eigenvalue weighted by Crippen LogP contribution is 2.18. The number of methoxy groups -OCH3 is 1. The molecule has 6 heteroatoms. The molecule has 0 unspecified atom stereocenters. The Bertz CT molecular complexity index is 790. The summed E-state index contributed by atoms with van der Waals surface area (Å²) in [6, 6.07) is 11.0. The maximum Gasteiger partial charge on any atom is 0.273 e. The van der Waals surface area contributed by atoms with E-state index in [9.17, 15) is 9.59 Å². The third-order valence-corrected chi connectivity index (χ3v) is 4.17. The monoisotopic (exact) mass is 355 g/mol. The molecule has 0 aliphatic heterocycles. The maximum absolute atomic E-state index is 12.7. The van der Waals surface area contributed by atoms with Gasteiger partial charge in [-0.3, -0.25) is 9.59 Å². The molecule has 1 aromatic carbocycles. The van der Waals surface area contributed by atoms with Gasteiger partial charge in [-0.25, -0.2) is 4.98 Å². The fourth-order valence-electron chi connectivity index (χ4n) is 2.53. The Balaban J connectivity index is 2.12. The number of nitrogens with one attached hydrogen (secondary N) is 1. The topological polar surface area (TPSA) is 71.5 Å². The zero-order valence-electron chi connectivity index (χ0n) is 15.7. The third-order valence-electron chi connectivity index (χ3n) is 4.17. The molecule has 2 amide bonds. The summed E-state index contributed by atoms with van der Waals surface area (Å²) in [5.41, 5.74) is 3.93. The molecular formula is C20H25N3O3. The van der Waals surface area contributed by atoms with Gasteiger partial charge in [0.15, 0.2) is 0 Å². The number of nitrogens with zero attached hydrogens (tertiary/aromatic N) is 2. The second-order valence-electron chi connectivity index (χ2n) is 6.18. The number of pyridine rings is 1. The molecule has 0 saturated carbocycles. The lowest BCUT2D eigenvalue weighted by atomic mass is 10.1. The zero-order chi connectivity index (χ0) is 19.1. The van der Waals surface area contributed by atoms with E-state index in [0.29, 0.717) is 18.8 Å². The van der Waals surface area contributed by atoms with Gasteiger partial charge in [0.05, 0.1) is 6.61 Å². The second-order valence-corrected chi connectivity index (χ2v) is 6.18. The number of amides is 2. The van der Waals surface area contributed by atoms with E-state index in [1.807, 2.05) is 45.0 Å². The van der Waals surface area contributed by atoms with Gasteiger partial charge in [0.2, 0.25) is 5.91 Å². The van der Waals surface area contributed by atoms with Crippen LogP contribution in [0.4, 0.5) is 5.69 Å². The smallest absolute Gasteiger partial charge is 0.273 e. The van der Waals surface area contributed by atoms with E-state index >= 15 is 0 Å². The lowest BCUT2D eigenvalue weighted by molar-refractivity contribution is -0.117. The fraction of sp³-hybridized carbons (Fsp3) is 0.350. The molecule has 0 atom stereocenters. The van der Waals surface area contributed by atoms with Crippen molar-refractivity contribution >= 4 is 17.5 Å². The minimum Gasteiger partial charge on any atom is -0.383 e. The number of carbonyl (C=O) groups excluding carboxylic acids is 2. The molecule has 0 saturated heterocycles. The Morgan fingerprint density at radius 1 is 1.12 bits per heavy atom. The number of aryl methyl sites for hydroxylation is 2. The Morgan fingerprint density at radius 3 is 2.54 bits per heavy atom. The first-order valence-electron chi connectivity index (χ1n) is 8.50.